The van der Waals surface area contributed by atoms with Crippen LogP contribution < -0.4 is 5.32 Å². The second kappa shape index (κ2) is 10.8. The molecule has 32 heavy (non-hydrogen) atoms. The molecule has 3 rings (SSSR count). The standard InChI is InChI=1S/C23H21BrCl2N2O3S/c1-16(18-5-7-19(24)8-6-18)27-23(29)15-28(14-17-3-2-4-21(26)13-17)32(30,31)22-11-9-20(25)10-12-22/h2-13,16H,14-15H2,1H3,(H,27,29)/t16-/m0/s1. The number of carbonyl (C=O) groups is 1. The van der Waals surface area contributed by atoms with Gasteiger partial charge in [0.05, 0.1) is 17.5 Å². The summed E-state index contributed by atoms with van der Waals surface area (Å²) in [5.41, 5.74) is 1.58. The first-order valence-corrected chi connectivity index (χ1v) is 12.7. The van der Waals surface area contributed by atoms with Crippen LogP contribution in [0.15, 0.2) is 82.2 Å². The lowest BCUT2D eigenvalue weighted by atomic mass is 10.1. The Bertz CT molecular complexity index is 1190. The van der Waals surface area contributed by atoms with Gasteiger partial charge in [-0.3, -0.25) is 4.79 Å². The van der Waals surface area contributed by atoms with Crippen LogP contribution in [0.25, 0.3) is 0 Å². The molecule has 0 aliphatic heterocycles. The number of carbonyl (C=O) groups excluding carboxylic acids is 1. The average molecular weight is 556 g/mol. The van der Waals surface area contributed by atoms with Gasteiger partial charge in [0.15, 0.2) is 0 Å². The van der Waals surface area contributed by atoms with Crippen LogP contribution in [0.4, 0.5) is 0 Å². The van der Waals surface area contributed by atoms with Crippen molar-refractivity contribution in [3.8, 4) is 0 Å². The van der Waals surface area contributed by atoms with Gasteiger partial charge in [-0.1, -0.05) is 63.4 Å². The first-order chi connectivity index (χ1) is 15.1. The van der Waals surface area contributed by atoms with Gasteiger partial charge in [0.25, 0.3) is 0 Å². The Morgan fingerprint density at radius 2 is 1.66 bits per heavy atom. The van der Waals surface area contributed by atoms with E-state index in [-0.39, 0.29) is 24.0 Å². The molecule has 0 fully saturated rings. The molecule has 9 heteroatoms. The fourth-order valence-electron chi connectivity index (χ4n) is 3.10. The van der Waals surface area contributed by atoms with Crippen LogP contribution in [0.3, 0.4) is 0 Å². The van der Waals surface area contributed by atoms with Gasteiger partial charge in [0.2, 0.25) is 15.9 Å². The largest absolute Gasteiger partial charge is 0.348 e. The lowest BCUT2D eigenvalue weighted by Gasteiger charge is -2.23. The minimum atomic E-state index is -3.97. The number of nitrogens with one attached hydrogen (secondary N) is 1. The summed E-state index contributed by atoms with van der Waals surface area (Å²) in [4.78, 5) is 12.9. The number of sulfonamides is 1. The third-order valence-electron chi connectivity index (χ3n) is 4.77. The summed E-state index contributed by atoms with van der Waals surface area (Å²) in [7, 11) is -3.97. The highest BCUT2D eigenvalue weighted by Crippen LogP contribution is 2.22. The summed E-state index contributed by atoms with van der Waals surface area (Å²) in [5.74, 6) is -0.417. The predicted octanol–water partition coefficient (Wildman–Crippen LogP) is 5.82. The molecule has 0 aliphatic carbocycles. The summed E-state index contributed by atoms with van der Waals surface area (Å²) in [6.07, 6.45) is 0. The number of amides is 1. The number of nitrogens with zero attached hydrogens (tertiary/aromatic N) is 1. The van der Waals surface area contributed by atoms with Crippen molar-refractivity contribution in [2.24, 2.45) is 0 Å². The van der Waals surface area contributed by atoms with Crippen molar-refractivity contribution < 1.29 is 13.2 Å². The van der Waals surface area contributed by atoms with E-state index in [0.29, 0.717) is 15.6 Å². The Hall–Kier alpha value is -1.90. The van der Waals surface area contributed by atoms with Crippen molar-refractivity contribution in [3.05, 3.63) is 98.4 Å². The van der Waals surface area contributed by atoms with Crippen molar-refractivity contribution in [2.45, 2.75) is 24.4 Å². The van der Waals surface area contributed by atoms with Gasteiger partial charge in [-0.15, -0.1) is 0 Å². The molecule has 5 nitrogen and oxygen atoms in total. The molecule has 0 heterocycles. The molecule has 1 amide bonds. The van der Waals surface area contributed by atoms with Crippen LogP contribution in [0.5, 0.6) is 0 Å². The zero-order valence-electron chi connectivity index (χ0n) is 17.1. The Morgan fingerprint density at radius 1 is 1.00 bits per heavy atom. The zero-order chi connectivity index (χ0) is 23.3. The van der Waals surface area contributed by atoms with E-state index in [9.17, 15) is 13.2 Å². The van der Waals surface area contributed by atoms with Crippen molar-refractivity contribution in [1.29, 1.82) is 0 Å². The van der Waals surface area contributed by atoms with Gasteiger partial charge in [0, 0.05) is 21.1 Å². The minimum Gasteiger partial charge on any atom is -0.348 e. The molecule has 0 saturated heterocycles. The molecule has 0 saturated carbocycles. The van der Waals surface area contributed by atoms with Crippen LogP contribution in [0.1, 0.15) is 24.1 Å². The van der Waals surface area contributed by atoms with Crippen LogP contribution in [-0.2, 0) is 21.4 Å². The van der Waals surface area contributed by atoms with Gasteiger partial charge in [0.1, 0.15) is 0 Å². The predicted molar refractivity (Wildman–Crippen MR) is 131 cm³/mol. The van der Waals surface area contributed by atoms with E-state index >= 15 is 0 Å². The van der Waals surface area contributed by atoms with E-state index in [1.54, 1.807) is 24.3 Å². The highest BCUT2D eigenvalue weighted by Gasteiger charge is 2.27. The second-order valence-corrected chi connectivity index (χ2v) is 10.9. The summed E-state index contributed by atoms with van der Waals surface area (Å²) < 4.78 is 28.7. The second-order valence-electron chi connectivity index (χ2n) is 7.20. The summed E-state index contributed by atoms with van der Waals surface area (Å²) in [6, 6.07) is 20.0. The van der Waals surface area contributed by atoms with Gasteiger partial charge in [-0.05, 0) is 66.6 Å². The first-order valence-electron chi connectivity index (χ1n) is 9.70. The van der Waals surface area contributed by atoms with E-state index in [1.807, 2.05) is 31.2 Å². The maximum atomic E-state index is 13.3. The average Bonchev–Trinajstić information content (AvgIpc) is 2.74. The lowest BCUT2D eigenvalue weighted by Crippen LogP contribution is -2.41. The zero-order valence-corrected chi connectivity index (χ0v) is 21.0. The Balaban J connectivity index is 1.83. The molecule has 0 radical (unpaired) electrons. The Kier molecular flexibility index (Phi) is 8.36. The van der Waals surface area contributed by atoms with E-state index in [2.05, 4.69) is 21.2 Å². The van der Waals surface area contributed by atoms with E-state index in [0.717, 1.165) is 14.3 Å². The molecule has 168 valence electrons. The SMILES string of the molecule is C[C@H](NC(=O)CN(Cc1cccc(Cl)c1)S(=O)(=O)c1ccc(Cl)cc1)c1ccc(Br)cc1. The van der Waals surface area contributed by atoms with Gasteiger partial charge in [-0.25, -0.2) is 8.42 Å². The number of halogens is 3. The van der Waals surface area contributed by atoms with E-state index in [4.69, 9.17) is 23.2 Å². The van der Waals surface area contributed by atoms with Gasteiger partial charge >= 0.3 is 0 Å². The fourth-order valence-corrected chi connectivity index (χ4v) is 5.09. The third-order valence-corrected chi connectivity index (χ3v) is 7.59. The molecular formula is C23H21BrCl2N2O3S. The van der Waals surface area contributed by atoms with Crippen LogP contribution in [-0.4, -0.2) is 25.2 Å². The molecule has 0 unspecified atom stereocenters. The quantitative estimate of drug-likeness (QED) is 0.380. The molecule has 3 aromatic carbocycles. The Labute approximate surface area is 206 Å². The van der Waals surface area contributed by atoms with Crippen LogP contribution >= 0.6 is 39.1 Å². The number of benzene rings is 3. The Morgan fingerprint density at radius 3 is 2.28 bits per heavy atom. The number of rotatable bonds is 8. The third kappa shape index (κ3) is 6.56. The van der Waals surface area contributed by atoms with Crippen molar-refractivity contribution in [2.75, 3.05) is 6.54 Å². The van der Waals surface area contributed by atoms with Crippen molar-refractivity contribution in [3.63, 3.8) is 0 Å². The summed E-state index contributed by atoms with van der Waals surface area (Å²) >= 11 is 15.4. The first kappa shape index (κ1) is 24.7. The molecule has 3 aromatic rings. The van der Waals surface area contributed by atoms with E-state index < -0.39 is 15.9 Å². The van der Waals surface area contributed by atoms with Crippen LogP contribution in [0, 0.1) is 0 Å². The van der Waals surface area contributed by atoms with E-state index in [1.165, 1.54) is 24.3 Å². The van der Waals surface area contributed by atoms with Crippen molar-refractivity contribution in [1.82, 2.24) is 9.62 Å². The monoisotopic (exact) mass is 554 g/mol. The van der Waals surface area contributed by atoms with Crippen LogP contribution in [0.2, 0.25) is 10.0 Å². The van der Waals surface area contributed by atoms with Gasteiger partial charge < -0.3 is 5.32 Å². The highest BCUT2D eigenvalue weighted by molar-refractivity contribution is 9.10. The fraction of sp³-hybridized carbons (Fsp3) is 0.174. The topological polar surface area (TPSA) is 66.5 Å². The molecule has 1 atom stereocenters. The molecule has 0 aromatic heterocycles. The van der Waals surface area contributed by atoms with Crippen molar-refractivity contribution >= 4 is 55.1 Å². The smallest absolute Gasteiger partial charge is 0.243 e. The normalized spacial score (nSPS) is 12.5. The highest BCUT2D eigenvalue weighted by atomic mass is 79.9. The number of hydrogen-bond acceptors (Lipinski definition) is 3. The minimum absolute atomic E-state index is 0.00833. The molecule has 0 bridgehead atoms. The number of hydrogen-bond donors (Lipinski definition) is 1. The molecule has 0 spiro atoms. The maximum Gasteiger partial charge on any atom is 0.243 e. The summed E-state index contributed by atoms with van der Waals surface area (Å²) in [6.45, 7) is 1.49. The molecule has 1 N–H and O–H groups in total. The molecule has 0 aliphatic rings. The lowest BCUT2D eigenvalue weighted by molar-refractivity contribution is -0.122. The maximum absolute atomic E-state index is 13.3. The van der Waals surface area contributed by atoms with Gasteiger partial charge in [-0.2, -0.15) is 4.31 Å². The molecular weight excluding hydrogens is 535 g/mol. The summed E-state index contributed by atoms with van der Waals surface area (Å²) in [5, 5.41) is 3.78.